The number of fused-ring (bicyclic) bond motifs is 2. The molecule has 0 radical (unpaired) electrons. The maximum Gasteiger partial charge on any atom is 0.230 e. The van der Waals surface area contributed by atoms with E-state index in [0.29, 0.717) is 43.6 Å². The van der Waals surface area contributed by atoms with Crippen LogP contribution in [0.1, 0.15) is 19.2 Å². The Morgan fingerprint density at radius 3 is 2.93 bits per heavy atom. The van der Waals surface area contributed by atoms with Crippen LogP contribution < -0.4 is 10.2 Å². The van der Waals surface area contributed by atoms with Gasteiger partial charge in [-0.05, 0) is 41.4 Å². The summed E-state index contributed by atoms with van der Waals surface area (Å²) in [4.78, 5) is 19.2. The molecule has 1 fully saturated rings. The van der Waals surface area contributed by atoms with Gasteiger partial charge >= 0.3 is 0 Å². The number of H-pyrrole nitrogens is 1. The average Bonchev–Trinajstić information content (AvgIpc) is 3.36. The second-order valence-corrected chi connectivity index (χ2v) is 8.15. The first kappa shape index (κ1) is 17.4. The van der Waals surface area contributed by atoms with Gasteiger partial charge in [0.2, 0.25) is 11.9 Å². The fraction of sp³-hybridized carbons (Fsp3) is 0.333. The van der Waals surface area contributed by atoms with Gasteiger partial charge < -0.3 is 20.3 Å². The molecule has 0 bridgehead atoms. The number of hydrogen-bond donors (Lipinski definition) is 3. The lowest BCUT2D eigenvalue weighted by Gasteiger charge is -2.19. The minimum atomic E-state index is -0.727. The number of hydrogen-bond acceptors (Lipinski definition) is 7. The van der Waals surface area contributed by atoms with Crippen molar-refractivity contribution in [3.05, 3.63) is 40.8 Å². The molecule has 1 aromatic carbocycles. The number of aliphatic hydroxyl groups is 1. The molecule has 0 saturated carbocycles. The molecule has 28 heavy (non-hydrogen) atoms. The number of aromatic amines is 1. The predicted octanol–water partition coefficient (Wildman–Crippen LogP) is 2.34. The molecule has 144 valence electrons. The van der Waals surface area contributed by atoms with Gasteiger partial charge in [0, 0.05) is 13.1 Å². The maximum absolute atomic E-state index is 10.3. The molecule has 1 atom stereocenters. The molecule has 5 rings (SSSR count). The lowest BCUT2D eigenvalue weighted by atomic mass is 10.1. The van der Waals surface area contributed by atoms with Crippen molar-refractivity contribution < 1.29 is 5.11 Å². The van der Waals surface area contributed by atoms with E-state index in [0.717, 1.165) is 21.3 Å². The molecular weight excluding hydrogens is 424 g/mol. The molecule has 1 saturated heterocycles. The monoisotopic (exact) mass is 442 g/mol. The number of β-amino-alcohol motifs (C(OH)–C–C–N with tert-alkyl or cyclic N) is 1. The third-order valence-corrected chi connectivity index (χ3v) is 5.46. The predicted molar refractivity (Wildman–Crippen MR) is 109 cm³/mol. The fourth-order valence-electron chi connectivity index (χ4n) is 3.46. The largest absolute Gasteiger partial charge is 0.388 e. The number of nitrogens with one attached hydrogen (secondary N) is 2. The molecule has 3 N–H and O–H groups in total. The first-order valence-corrected chi connectivity index (χ1v) is 9.84. The summed E-state index contributed by atoms with van der Waals surface area (Å²) in [7, 11) is 0. The van der Waals surface area contributed by atoms with E-state index in [1.165, 1.54) is 0 Å². The average molecular weight is 443 g/mol. The minimum absolute atomic E-state index is 0.468. The van der Waals surface area contributed by atoms with Crippen LogP contribution in [0.2, 0.25) is 0 Å². The number of aromatic nitrogens is 6. The Morgan fingerprint density at radius 1 is 1.29 bits per heavy atom. The van der Waals surface area contributed by atoms with Gasteiger partial charge in [-0.25, -0.2) is 4.98 Å². The van der Waals surface area contributed by atoms with Crippen molar-refractivity contribution in [2.24, 2.45) is 0 Å². The molecule has 0 aliphatic carbocycles. The van der Waals surface area contributed by atoms with Gasteiger partial charge in [-0.1, -0.05) is 12.1 Å². The molecule has 10 heteroatoms. The van der Waals surface area contributed by atoms with Crippen LogP contribution in [0.5, 0.6) is 0 Å². The fourth-order valence-corrected chi connectivity index (χ4v) is 3.81. The molecular formula is C18H19BrN8O. The molecule has 4 aromatic rings. The summed E-state index contributed by atoms with van der Waals surface area (Å²) in [6.45, 7) is 3.51. The van der Waals surface area contributed by atoms with Gasteiger partial charge in [0.25, 0.3) is 0 Å². The van der Waals surface area contributed by atoms with Gasteiger partial charge in [0.05, 0.1) is 33.8 Å². The molecule has 0 unspecified atom stereocenters. The Labute approximate surface area is 168 Å². The summed E-state index contributed by atoms with van der Waals surface area (Å²) < 4.78 is 2.44. The van der Waals surface area contributed by atoms with Gasteiger partial charge in [-0.3, -0.25) is 0 Å². The van der Waals surface area contributed by atoms with Crippen LogP contribution >= 0.6 is 15.9 Å². The van der Waals surface area contributed by atoms with Crippen molar-refractivity contribution >= 4 is 44.5 Å². The standard InChI is InChI=1S/C18H19BrN8O/c1-18(28)6-7-26(10-18)17-24-15-11(19)8-21-27(15)16(25-17)20-9-14-22-12-4-2-3-5-13(12)23-14/h2-5,8,28H,6-7,9-10H2,1H3,(H,22,23)(H,20,24,25)/t18-/m1/s1. The van der Waals surface area contributed by atoms with E-state index in [2.05, 4.69) is 46.3 Å². The molecule has 1 aliphatic rings. The van der Waals surface area contributed by atoms with E-state index in [9.17, 15) is 5.11 Å². The van der Waals surface area contributed by atoms with E-state index in [-0.39, 0.29) is 0 Å². The quantitative estimate of drug-likeness (QED) is 0.445. The molecule has 0 amide bonds. The van der Waals surface area contributed by atoms with Gasteiger partial charge in [-0.15, -0.1) is 0 Å². The van der Waals surface area contributed by atoms with Crippen LogP contribution in [0.15, 0.2) is 34.9 Å². The van der Waals surface area contributed by atoms with Crippen molar-refractivity contribution in [3.8, 4) is 0 Å². The minimum Gasteiger partial charge on any atom is -0.388 e. The summed E-state index contributed by atoms with van der Waals surface area (Å²) in [6, 6.07) is 7.91. The summed E-state index contributed by atoms with van der Waals surface area (Å²) in [6.07, 6.45) is 2.38. The van der Waals surface area contributed by atoms with Crippen molar-refractivity contribution in [2.75, 3.05) is 23.3 Å². The Kier molecular flexibility index (Phi) is 3.98. The second kappa shape index (κ2) is 6.42. The Balaban J connectivity index is 1.47. The second-order valence-electron chi connectivity index (χ2n) is 7.30. The Morgan fingerprint density at radius 2 is 2.14 bits per heavy atom. The van der Waals surface area contributed by atoms with Crippen molar-refractivity contribution in [3.63, 3.8) is 0 Å². The summed E-state index contributed by atoms with van der Waals surface area (Å²) in [5.41, 5.74) is 1.86. The number of rotatable bonds is 4. The first-order valence-electron chi connectivity index (χ1n) is 9.05. The lowest BCUT2D eigenvalue weighted by molar-refractivity contribution is 0.0838. The molecule has 9 nitrogen and oxygen atoms in total. The topological polar surface area (TPSA) is 107 Å². The number of benzene rings is 1. The van der Waals surface area contributed by atoms with E-state index in [1.54, 1.807) is 10.7 Å². The van der Waals surface area contributed by atoms with Crippen LogP contribution in [-0.4, -0.2) is 53.3 Å². The van der Waals surface area contributed by atoms with E-state index in [1.807, 2.05) is 36.1 Å². The highest BCUT2D eigenvalue weighted by Gasteiger charge is 2.33. The molecule has 1 aliphatic heterocycles. The normalized spacial score (nSPS) is 19.8. The number of imidazole rings is 1. The van der Waals surface area contributed by atoms with Crippen LogP contribution in [0.4, 0.5) is 11.9 Å². The van der Waals surface area contributed by atoms with Crippen LogP contribution in [-0.2, 0) is 6.54 Å². The highest BCUT2D eigenvalue weighted by molar-refractivity contribution is 9.10. The first-order chi connectivity index (χ1) is 13.5. The number of para-hydroxylation sites is 2. The third kappa shape index (κ3) is 3.08. The SMILES string of the molecule is C[C@@]1(O)CCN(c2nc(NCc3nc4ccccc4[nH]3)n3ncc(Br)c3n2)C1. The van der Waals surface area contributed by atoms with Crippen molar-refractivity contribution in [1.29, 1.82) is 0 Å². The van der Waals surface area contributed by atoms with E-state index >= 15 is 0 Å². The smallest absolute Gasteiger partial charge is 0.230 e. The van der Waals surface area contributed by atoms with E-state index in [4.69, 9.17) is 0 Å². The third-order valence-electron chi connectivity index (χ3n) is 4.90. The lowest BCUT2D eigenvalue weighted by Crippen LogP contribution is -2.31. The number of nitrogens with zero attached hydrogens (tertiary/aromatic N) is 6. The van der Waals surface area contributed by atoms with Crippen molar-refractivity contribution in [2.45, 2.75) is 25.5 Å². The van der Waals surface area contributed by atoms with Gasteiger partial charge in [0.1, 0.15) is 5.82 Å². The maximum atomic E-state index is 10.3. The zero-order valence-corrected chi connectivity index (χ0v) is 16.8. The molecule has 3 aromatic heterocycles. The van der Waals surface area contributed by atoms with Crippen LogP contribution in [0.25, 0.3) is 16.7 Å². The molecule has 4 heterocycles. The summed E-state index contributed by atoms with van der Waals surface area (Å²) in [5.74, 6) is 1.95. The van der Waals surface area contributed by atoms with Crippen molar-refractivity contribution in [1.82, 2.24) is 29.5 Å². The summed E-state index contributed by atoms with van der Waals surface area (Å²) >= 11 is 3.50. The number of anilines is 2. The number of halogens is 1. The zero-order chi connectivity index (χ0) is 19.3. The summed E-state index contributed by atoms with van der Waals surface area (Å²) in [5, 5.41) is 18.0. The highest BCUT2D eigenvalue weighted by atomic mass is 79.9. The highest BCUT2D eigenvalue weighted by Crippen LogP contribution is 2.27. The molecule has 0 spiro atoms. The van der Waals surface area contributed by atoms with E-state index < -0.39 is 5.60 Å². The van der Waals surface area contributed by atoms with Crippen LogP contribution in [0.3, 0.4) is 0 Å². The zero-order valence-electron chi connectivity index (χ0n) is 15.2. The Bertz CT molecular complexity index is 1130. The van der Waals surface area contributed by atoms with Crippen LogP contribution in [0, 0.1) is 0 Å². The Hall–Kier alpha value is -2.72. The van der Waals surface area contributed by atoms with Gasteiger partial charge in [-0.2, -0.15) is 19.6 Å². The van der Waals surface area contributed by atoms with Gasteiger partial charge in [0.15, 0.2) is 5.65 Å².